The third-order valence-corrected chi connectivity index (χ3v) is 5.09. The van der Waals surface area contributed by atoms with Crippen LogP contribution in [0.15, 0.2) is 60.0 Å². The molecule has 4 rings (SSSR count). The van der Waals surface area contributed by atoms with Crippen LogP contribution in [-0.2, 0) is 9.53 Å². The average molecular weight is 376 g/mol. The van der Waals surface area contributed by atoms with Gasteiger partial charge in [-0.3, -0.25) is 4.79 Å². The van der Waals surface area contributed by atoms with Crippen molar-refractivity contribution in [3.8, 4) is 17.6 Å². The van der Waals surface area contributed by atoms with E-state index in [9.17, 15) is 10.1 Å². The van der Waals surface area contributed by atoms with Crippen molar-refractivity contribution in [1.29, 1.82) is 5.26 Å². The van der Waals surface area contributed by atoms with E-state index in [-0.39, 0.29) is 12.6 Å². The third-order valence-electron chi connectivity index (χ3n) is 5.09. The summed E-state index contributed by atoms with van der Waals surface area (Å²) in [5.41, 5.74) is 2.19. The molecule has 0 amide bonds. The average Bonchev–Trinajstić information content (AvgIpc) is 3.12. The summed E-state index contributed by atoms with van der Waals surface area (Å²) < 4.78 is 16.5. The van der Waals surface area contributed by atoms with E-state index in [2.05, 4.69) is 6.07 Å². The van der Waals surface area contributed by atoms with Crippen LogP contribution in [-0.4, -0.2) is 19.7 Å². The fourth-order valence-electron chi connectivity index (χ4n) is 3.79. The Kier molecular flexibility index (Phi) is 4.66. The van der Waals surface area contributed by atoms with Gasteiger partial charge in [-0.25, -0.2) is 0 Å². The van der Waals surface area contributed by atoms with Gasteiger partial charge in [-0.15, -0.1) is 0 Å². The molecule has 6 heteroatoms. The highest BCUT2D eigenvalue weighted by Gasteiger charge is 2.45. The fourth-order valence-corrected chi connectivity index (χ4v) is 3.79. The summed E-state index contributed by atoms with van der Waals surface area (Å²) >= 11 is 0. The number of hydrogen-bond acceptors (Lipinski definition) is 6. The number of nitriles is 1. The second-order valence-electron chi connectivity index (χ2n) is 6.60. The van der Waals surface area contributed by atoms with Crippen LogP contribution in [0.4, 0.5) is 5.69 Å². The molecule has 28 heavy (non-hydrogen) atoms. The Hall–Kier alpha value is -3.46. The number of esters is 1. The molecule has 2 atom stereocenters. The van der Waals surface area contributed by atoms with Gasteiger partial charge in [-0.1, -0.05) is 24.3 Å². The van der Waals surface area contributed by atoms with Crippen LogP contribution in [0.3, 0.4) is 0 Å². The molecule has 0 saturated carbocycles. The zero-order valence-electron chi connectivity index (χ0n) is 15.7. The van der Waals surface area contributed by atoms with Crippen molar-refractivity contribution in [3.05, 3.63) is 65.6 Å². The Morgan fingerprint density at radius 3 is 2.68 bits per heavy atom. The number of nitrogens with zero attached hydrogens (tertiary/aromatic N) is 2. The summed E-state index contributed by atoms with van der Waals surface area (Å²) in [6.07, 6.45) is 0.426. The van der Waals surface area contributed by atoms with Crippen LogP contribution in [0, 0.1) is 17.2 Å². The number of hydrogen-bond donors (Lipinski definition) is 0. The van der Waals surface area contributed by atoms with E-state index in [1.165, 1.54) is 0 Å². The van der Waals surface area contributed by atoms with Gasteiger partial charge >= 0.3 is 5.97 Å². The number of rotatable bonds is 4. The number of methoxy groups -OCH3 is 1. The fraction of sp³-hybridized carbons (Fsp3) is 0.273. The summed E-state index contributed by atoms with van der Waals surface area (Å²) in [6.45, 7) is 2.02. The summed E-state index contributed by atoms with van der Waals surface area (Å²) in [5.74, 6) is 0.775. The van der Waals surface area contributed by atoms with E-state index in [0.29, 0.717) is 23.6 Å². The van der Waals surface area contributed by atoms with Crippen molar-refractivity contribution in [3.63, 3.8) is 0 Å². The van der Waals surface area contributed by atoms with E-state index in [0.717, 1.165) is 17.0 Å². The minimum Gasteiger partial charge on any atom is -0.497 e. The van der Waals surface area contributed by atoms with E-state index in [4.69, 9.17) is 14.2 Å². The number of fused-ring (bicyclic) bond motifs is 3. The number of benzene rings is 2. The van der Waals surface area contributed by atoms with Gasteiger partial charge in [0.15, 0.2) is 5.75 Å². The van der Waals surface area contributed by atoms with Crippen molar-refractivity contribution in [2.24, 2.45) is 5.92 Å². The molecule has 0 spiro atoms. The molecule has 2 aliphatic rings. The number of carbonyl (C=O) groups excluding carboxylic acids is 1. The van der Waals surface area contributed by atoms with Crippen molar-refractivity contribution in [2.45, 2.75) is 19.4 Å². The standard InChI is InChI=1S/C22H20N2O4/c1-3-27-22(25)16-12-19(14-8-10-15(26-2)11-9-14)24-18-6-4-5-7-20(18)28-21(24)17(16)13-23/h4-11,16,19H,3,12H2,1-2H3/t16-,19-/m1/s1. The molecule has 0 unspecified atom stereocenters. The van der Waals surface area contributed by atoms with Gasteiger partial charge in [0.1, 0.15) is 17.4 Å². The lowest BCUT2D eigenvalue weighted by molar-refractivity contribution is -0.147. The third kappa shape index (κ3) is 2.85. The molecular weight excluding hydrogens is 356 g/mol. The molecule has 142 valence electrons. The molecule has 6 nitrogen and oxygen atoms in total. The maximum absolute atomic E-state index is 12.6. The Morgan fingerprint density at radius 1 is 1.25 bits per heavy atom. The van der Waals surface area contributed by atoms with E-state index in [1.807, 2.05) is 53.4 Å². The van der Waals surface area contributed by atoms with Gasteiger partial charge in [0.2, 0.25) is 5.88 Å². The highest BCUT2D eigenvalue weighted by Crippen LogP contribution is 2.51. The van der Waals surface area contributed by atoms with Gasteiger partial charge in [0.05, 0.1) is 31.4 Å². The molecule has 0 radical (unpaired) electrons. The molecule has 2 aliphatic heterocycles. The number of anilines is 1. The maximum Gasteiger partial charge on any atom is 0.314 e. The second kappa shape index (κ2) is 7.28. The molecule has 2 aromatic rings. The lowest BCUT2D eigenvalue weighted by Gasteiger charge is -2.36. The predicted molar refractivity (Wildman–Crippen MR) is 103 cm³/mol. The van der Waals surface area contributed by atoms with Gasteiger partial charge in [0, 0.05) is 0 Å². The molecule has 0 aliphatic carbocycles. The van der Waals surface area contributed by atoms with E-state index in [1.54, 1.807) is 14.0 Å². The molecule has 0 N–H and O–H groups in total. The minimum absolute atomic E-state index is 0.170. The summed E-state index contributed by atoms with van der Waals surface area (Å²) in [4.78, 5) is 14.6. The molecular formula is C22H20N2O4. The number of para-hydroxylation sites is 2. The number of ether oxygens (including phenoxy) is 3. The van der Waals surface area contributed by atoms with Crippen LogP contribution < -0.4 is 14.4 Å². The molecule has 0 bridgehead atoms. The van der Waals surface area contributed by atoms with Gasteiger partial charge in [0.25, 0.3) is 0 Å². The van der Waals surface area contributed by atoms with Crippen LogP contribution >= 0.6 is 0 Å². The van der Waals surface area contributed by atoms with E-state index >= 15 is 0 Å². The van der Waals surface area contributed by atoms with Crippen molar-refractivity contribution < 1.29 is 19.0 Å². The summed E-state index contributed by atoms with van der Waals surface area (Å²) in [5, 5.41) is 9.79. The normalized spacial score (nSPS) is 20.0. The first kappa shape index (κ1) is 17.9. The molecule has 2 aromatic carbocycles. The van der Waals surface area contributed by atoms with Crippen molar-refractivity contribution in [1.82, 2.24) is 0 Å². The van der Waals surface area contributed by atoms with Gasteiger partial charge in [-0.05, 0) is 43.2 Å². The molecule has 0 aromatic heterocycles. The molecule has 0 saturated heterocycles. The lowest BCUT2D eigenvalue weighted by Crippen LogP contribution is -2.38. The lowest BCUT2D eigenvalue weighted by atomic mass is 9.85. The Labute approximate surface area is 163 Å². The van der Waals surface area contributed by atoms with Gasteiger partial charge < -0.3 is 19.1 Å². The maximum atomic E-state index is 12.6. The smallest absolute Gasteiger partial charge is 0.314 e. The highest BCUT2D eigenvalue weighted by atomic mass is 16.5. The van der Waals surface area contributed by atoms with Crippen LogP contribution in [0.5, 0.6) is 11.5 Å². The minimum atomic E-state index is -0.669. The van der Waals surface area contributed by atoms with Crippen LogP contribution in [0.1, 0.15) is 24.9 Å². The first-order valence-corrected chi connectivity index (χ1v) is 9.18. The quantitative estimate of drug-likeness (QED) is 0.753. The van der Waals surface area contributed by atoms with Gasteiger partial charge in [-0.2, -0.15) is 5.26 Å². The Bertz CT molecular complexity index is 975. The number of carbonyl (C=O) groups is 1. The molecule has 0 fully saturated rings. The predicted octanol–water partition coefficient (Wildman–Crippen LogP) is 3.95. The Morgan fingerprint density at radius 2 is 2.00 bits per heavy atom. The summed E-state index contributed by atoms with van der Waals surface area (Å²) in [7, 11) is 1.62. The van der Waals surface area contributed by atoms with Crippen LogP contribution in [0.25, 0.3) is 0 Å². The zero-order valence-corrected chi connectivity index (χ0v) is 15.7. The Balaban J connectivity index is 1.84. The zero-order chi connectivity index (χ0) is 19.7. The van der Waals surface area contributed by atoms with Crippen LogP contribution in [0.2, 0.25) is 0 Å². The summed E-state index contributed by atoms with van der Waals surface area (Å²) in [6, 6.07) is 17.4. The van der Waals surface area contributed by atoms with E-state index < -0.39 is 11.9 Å². The first-order valence-electron chi connectivity index (χ1n) is 9.18. The van der Waals surface area contributed by atoms with Crippen molar-refractivity contribution in [2.75, 3.05) is 18.6 Å². The monoisotopic (exact) mass is 376 g/mol. The molecule has 2 heterocycles. The first-order chi connectivity index (χ1) is 13.7. The topological polar surface area (TPSA) is 71.8 Å². The SMILES string of the molecule is CCOC(=O)[C@@H]1C[C@H](c2ccc(OC)cc2)N2C(=C1C#N)Oc1ccccc12. The second-order valence-corrected chi connectivity index (χ2v) is 6.60. The largest absolute Gasteiger partial charge is 0.497 e. The highest BCUT2D eigenvalue weighted by molar-refractivity contribution is 5.80. The van der Waals surface area contributed by atoms with Crippen molar-refractivity contribution >= 4 is 11.7 Å².